The topological polar surface area (TPSA) is 51.8 Å². The van der Waals surface area contributed by atoms with Gasteiger partial charge in [0.2, 0.25) is 5.95 Å². The molecule has 0 aliphatic heterocycles. The van der Waals surface area contributed by atoms with Gasteiger partial charge in [0.1, 0.15) is 0 Å². The van der Waals surface area contributed by atoms with Crippen molar-refractivity contribution in [3.63, 3.8) is 0 Å². The van der Waals surface area contributed by atoms with Gasteiger partial charge in [-0.25, -0.2) is 9.97 Å². The number of hydrogen-bond donors (Lipinski definition) is 1. The van der Waals surface area contributed by atoms with Crippen molar-refractivity contribution in [3.8, 4) is 11.3 Å². The van der Waals surface area contributed by atoms with Crippen molar-refractivity contribution >= 4 is 29.1 Å². The van der Waals surface area contributed by atoms with Crippen molar-refractivity contribution < 1.29 is 0 Å². The second kappa shape index (κ2) is 5.24. The number of benzene rings is 2. The first-order chi connectivity index (χ1) is 8.74. The zero-order chi connectivity index (χ0) is 12.5. The summed E-state index contributed by atoms with van der Waals surface area (Å²) in [7, 11) is 0. The van der Waals surface area contributed by atoms with Crippen LogP contribution in [0.25, 0.3) is 22.0 Å². The smallest absolute Gasteiger partial charge is 0.220 e. The quantitative estimate of drug-likeness (QED) is 0.736. The summed E-state index contributed by atoms with van der Waals surface area (Å²) in [6.07, 6.45) is 0. The molecule has 0 aliphatic carbocycles. The number of anilines is 1. The molecular formula is C15H14ClN3. The highest BCUT2D eigenvalue weighted by Crippen LogP contribution is 2.27. The Kier molecular flexibility index (Phi) is 3.67. The Morgan fingerprint density at radius 1 is 0.947 bits per heavy atom. The molecule has 2 aromatic carbocycles. The third-order valence-electron chi connectivity index (χ3n) is 2.94. The van der Waals surface area contributed by atoms with E-state index in [1.165, 1.54) is 10.8 Å². The summed E-state index contributed by atoms with van der Waals surface area (Å²) < 4.78 is 0. The largest absolute Gasteiger partial charge is 0.368 e. The molecule has 3 aromatic rings. The SMILES string of the molecule is Cc1cc(-c2cccc3ccccc23)nc(N)n1.Cl. The highest BCUT2D eigenvalue weighted by Gasteiger charge is 2.06. The van der Waals surface area contributed by atoms with Gasteiger partial charge in [-0.2, -0.15) is 0 Å². The van der Waals surface area contributed by atoms with Crippen molar-refractivity contribution in [2.75, 3.05) is 5.73 Å². The van der Waals surface area contributed by atoms with Crippen LogP contribution in [-0.4, -0.2) is 9.97 Å². The van der Waals surface area contributed by atoms with Crippen LogP contribution in [0.4, 0.5) is 5.95 Å². The first-order valence-electron chi connectivity index (χ1n) is 5.83. The summed E-state index contributed by atoms with van der Waals surface area (Å²) in [6.45, 7) is 1.92. The molecule has 0 saturated heterocycles. The lowest BCUT2D eigenvalue weighted by atomic mass is 10.0. The summed E-state index contributed by atoms with van der Waals surface area (Å²) in [6, 6.07) is 16.4. The molecule has 0 unspecified atom stereocenters. The summed E-state index contributed by atoms with van der Waals surface area (Å²) in [5.41, 5.74) is 8.56. The molecular weight excluding hydrogens is 258 g/mol. The summed E-state index contributed by atoms with van der Waals surface area (Å²) in [5.74, 6) is 0.318. The Morgan fingerprint density at radius 2 is 1.68 bits per heavy atom. The lowest BCUT2D eigenvalue weighted by Crippen LogP contribution is -1.98. The number of halogens is 1. The van der Waals surface area contributed by atoms with Crippen LogP contribution in [0.2, 0.25) is 0 Å². The molecule has 19 heavy (non-hydrogen) atoms. The Hall–Kier alpha value is -2.13. The molecule has 4 heteroatoms. The molecule has 0 bridgehead atoms. The maximum absolute atomic E-state index is 5.72. The molecule has 1 heterocycles. The van der Waals surface area contributed by atoms with Crippen molar-refractivity contribution in [1.82, 2.24) is 9.97 Å². The lowest BCUT2D eigenvalue weighted by molar-refractivity contribution is 1.12. The van der Waals surface area contributed by atoms with Gasteiger partial charge in [-0.15, -0.1) is 12.4 Å². The first kappa shape index (κ1) is 13.3. The molecule has 0 fully saturated rings. The Bertz CT molecular complexity index is 700. The predicted molar refractivity (Wildman–Crippen MR) is 81.4 cm³/mol. The van der Waals surface area contributed by atoms with Gasteiger partial charge in [-0.1, -0.05) is 42.5 Å². The molecule has 1 aromatic heterocycles. The van der Waals surface area contributed by atoms with Crippen LogP contribution in [0.3, 0.4) is 0 Å². The van der Waals surface area contributed by atoms with Crippen LogP contribution in [0.15, 0.2) is 48.5 Å². The highest BCUT2D eigenvalue weighted by molar-refractivity contribution is 5.95. The molecule has 2 N–H and O–H groups in total. The van der Waals surface area contributed by atoms with Gasteiger partial charge in [-0.3, -0.25) is 0 Å². The third-order valence-corrected chi connectivity index (χ3v) is 2.94. The average Bonchev–Trinajstić information content (AvgIpc) is 2.37. The maximum Gasteiger partial charge on any atom is 0.220 e. The summed E-state index contributed by atoms with van der Waals surface area (Å²) >= 11 is 0. The van der Waals surface area contributed by atoms with E-state index < -0.39 is 0 Å². The highest BCUT2D eigenvalue weighted by atomic mass is 35.5. The number of nitrogen functional groups attached to an aromatic ring is 1. The molecule has 0 amide bonds. The first-order valence-corrected chi connectivity index (χ1v) is 5.83. The van der Waals surface area contributed by atoms with E-state index in [0.717, 1.165) is 17.0 Å². The average molecular weight is 272 g/mol. The number of hydrogen-bond acceptors (Lipinski definition) is 3. The van der Waals surface area contributed by atoms with E-state index in [4.69, 9.17) is 5.73 Å². The van der Waals surface area contributed by atoms with Crippen molar-refractivity contribution in [1.29, 1.82) is 0 Å². The van der Waals surface area contributed by atoms with Crippen LogP contribution < -0.4 is 5.73 Å². The van der Waals surface area contributed by atoms with Gasteiger partial charge in [0.05, 0.1) is 5.69 Å². The Labute approximate surface area is 117 Å². The number of nitrogens with two attached hydrogens (primary N) is 1. The maximum atomic E-state index is 5.72. The van der Waals surface area contributed by atoms with Gasteiger partial charge in [0.15, 0.2) is 0 Å². The van der Waals surface area contributed by atoms with Gasteiger partial charge >= 0.3 is 0 Å². The van der Waals surface area contributed by atoms with E-state index in [2.05, 4.69) is 34.2 Å². The minimum absolute atomic E-state index is 0. The van der Waals surface area contributed by atoms with Gasteiger partial charge in [0.25, 0.3) is 0 Å². The van der Waals surface area contributed by atoms with Gasteiger partial charge < -0.3 is 5.73 Å². The predicted octanol–water partition coefficient (Wildman–Crippen LogP) is 3.61. The Balaban J connectivity index is 0.00000133. The minimum atomic E-state index is 0. The van der Waals surface area contributed by atoms with E-state index in [-0.39, 0.29) is 12.4 Å². The van der Waals surface area contributed by atoms with Crippen LogP contribution in [0, 0.1) is 6.92 Å². The number of nitrogens with zero attached hydrogens (tertiary/aromatic N) is 2. The molecule has 0 radical (unpaired) electrons. The second-order valence-corrected chi connectivity index (χ2v) is 4.28. The summed E-state index contributed by atoms with van der Waals surface area (Å²) in [4.78, 5) is 8.43. The summed E-state index contributed by atoms with van der Waals surface area (Å²) in [5, 5.41) is 2.38. The number of aryl methyl sites for hydroxylation is 1. The third kappa shape index (κ3) is 2.51. The van der Waals surface area contributed by atoms with Crippen molar-refractivity contribution in [2.45, 2.75) is 6.92 Å². The second-order valence-electron chi connectivity index (χ2n) is 4.28. The monoisotopic (exact) mass is 271 g/mol. The molecule has 0 spiro atoms. The Morgan fingerprint density at radius 3 is 2.47 bits per heavy atom. The number of rotatable bonds is 1. The fourth-order valence-corrected chi connectivity index (χ4v) is 2.18. The minimum Gasteiger partial charge on any atom is -0.368 e. The normalized spacial score (nSPS) is 10.2. The number of fused-ring (bicyclic) bond motifs is 1. The van der Waals surface area contributed by atoms with Crippen LogP contribution in [0.5, 0.6) is 0 Å². The molecule has 0 aliphatic rings. The van der Waals surface area contributed by atoms with Gasteiger partial charge in [0, 0.05) is 11.3 Å². The molecule has 0 atom stereocenters. The van der Waals surface area contributed by atoms with Crippen LogP contribution in [-0.2, 0) is 0 Å². The standard InChI is InChI=1S/C15H13N3.ClH/c1-10-9-14(18-15(16)17-10)13-8-4-6-11-5-2-3-7-12(11)13;/h2-9H,1H3,(H2,16,17,18);1H. The van der Waals surface area contributed by atoms with E-state index >= 15 is 0 Å². The van der Waals surface area contributed by atoms with E-state index in [9.17, 15) is 0 Å². The van der Waals surface area contributed by atoms with Crippen molar-refractivity contribution in [2.24, 2.45) is 0 Å². The van der Waals surface area contributed by atoms with Crippen LogP contribution >= 0.6 is 12.4 Å². The molecule has 3 rings (SSSR count). The van der Waals surface area contributed by atoms with E-state index in [0.29, 0.717) is 5.95 Å². The fourth-order valence-electron chi connectivity index (χ4n) is 2.18. The molecule has 96 valence electrons. The van der Waals surface area contributed by atoms with E-state index in [1.807, 2.05) is 31.2 Å². The van der Waals surface area contributed by atoms with Crippen molar-refractivity contribution in [3.05, 3.63) is 54.2 Å². The van der Waals surface area contributed by atoms with E-state index in [1.54, 1.807) is 0 Å². The number of aromatic nitrogens is 2. The zero-order valence-electron chi connectivity index (χ0n) is 10.5. The van der Waals surface area contributed by atoms with Crippen LogP contribution in [0.1, 0.15) is 5.69 Å². The lowest BCUT2D eigenvalue weighted by Gasteiger charge is -2.07. The van der Waals surface area contributed by atoms with Gasteiger partial charge in [-0.05, 0) is 23.8 Å². The molecule has 0 saturated carbocycles. The zero-order valence-corrected chi connectivity index (χ0v) is 11.3. The fraction of sp³-hybridized carbons (Fsp3) is 0.0667. The molecule has 3 nitrogen and oxygen atoms in total.